The standard InChI is InChI=1S/C31H31FN4O2.C30H31FN4O2.C29H27FN4O3.C28H27FN4O3.2CH4/c1-5-9-27(37)35-17-8-11-24(19-35)31-34-29(30-21(4)33-18-20(3)36(30)31)23-13-15-25(16-14-23)38-26-12-7-10-22(6-2)28(26)32;1-5-21-9-7-11-25(27(21)31)37-24-14-12-22(13-15-24)28-29-20(4)32-17-19(3)35(29)30(33-28)23-10-8-16-34(18-23)26(36)6-2;1-5-7-25(35)33-15-14-21(17-33)29-32-27(28-19(3)31-16-18(2)34(28)29)20-10-12-22(13-11-20)37-24-9-6-8-23(36-4)26(24)30;1-4-25(34)32-15-6-5-8-21(32)28-31-27(22-17-30-16-18(2)33(22)28)19-11-13-20(14-12-19)36-24-10-7-9-23(35-3)26(24)29;;/h7,10,12-16,18,24H,6,8,11,17,19H2,1-4H3;6-7,9,11-15,17,23H,2,5,8,10,16,18H2,1,3-4H3;6,8-13,16,21H,14-15,17H2,1-4H3;4,7,9-14,16-17,21H,1,5-6,8,15H2,2-3H3;2*1H4/t24-;23-;2*21-;;/m1110../s1. The number of ether oxygens (including phenoxy) is 6. The predicted molar refractivity (Wildman–Crippen MR) is 575 cm³/mol. The Hall–Kier alpha value is -16.8. The third kappa shape index (κ3) is 22.5. The Bertz CT molecular complexity index is 7850. The lowest BCUT2D eigenvalue weighted by molar-refractivity contribution is -0.130. The van der Waals surface area contributed by atoms with Crippen molar-refractivity contribution < 1.29 is 65.2 Å². The molecular weight excluding hydrogens is 1900 g/mol. The fraction of sp³-hybridized carbons (Fsp3) is 0.300. The first-order chi connectivity index (χ1) is 71.7. The lowest BCUT2D eigenvalue weighted by Gasteiger charge is -2.34. The monoisotopic (exact) mass is 2020 g/mol. The molecule has 8 aromatic carbocycles. The summed E-state index contributed by atoms with van der Waals surface area (Å²) < 4.78 is 100. The summed E-state index contributed by atoms with van der Waals surface area (Å²) in [5.74, 6) is 15.3. The Balaban J connectivity index is 0.000000149. The number of aryl methyl sites for hydroxylation is 9. The highest BCUT2D eigenvalue weighted by atomic mass is 19.1. The van der Waals surface area contributed by atoms with Crippen LogP contribution in [-0.4, -0.2) is 161 Å². The van der Waals surface area contributed by atoms with Crippen molar-refractivity contribution in [3.63, 3.8) is 0 Å². The van der Waals surface area contributed by atoms with Crippen molar-refractivity contribution in [3.05, 3.63) is 324 Å². The zero-order valence-electron chi connectivity index (χ0n) is 85.2. The molecule has 0 N–H and O–H groups in total. The van der Waals surface area contributed by atoms with E-state index in [9.17, 15) is 36.7 Å². The summed E-state index contributed by atoms with van der Waals surface area (Å²) in [5, 5.41) is 0. The summed E-state index contributed by atoms with van der Waals surface area (Å²) in [5.41, 5.74) is 18.3. The van der Waals surface area contributed by atoms with Crippen molar-refractivity contribution in [2.75, 3.05) is 60.0 Å². The first-order valence-corrected chi connectivity index (χ1v) is 49.7. The number of rotatable bonds is 22. The Morgan fingerprint density at radius 2 is 0.727 bits per heavy atom. The van der Waals surface area contributed by atoms with Crippen molar-refractivity contribution >= 4 is 45.7 Å². The summed E-state index contributed by atoms with van der Waals surface area (Å²) in [4.78, 5) is 95.6. The molecule has 4 fully saturated rings. The van der Waals surface area contributed by atoms with E-state index < -0.39 is 11.6 Å². The maximum Gasteiger partial charge on any atom is 0.298 e. The average molecular weight is 2030 g/mol. The molecule has 12 heterocycles. The normalized spacial score (nSPS) is 15.2. The number of nitrogens with zero attached hydrogens (tertiary/aromatic N) is 16. The van der Waals surface area contributed by atoms with Crippen molar-refractivity contribution in [3.8, 4) is 126 Å². The van der Waals surface area contributed by atoms with Gasteiger partial charge in [-0.05, 0) is 295 Å². The fourth-order valence-corrected chi connectivity index (χ4v) is 19.9. The van der Waals surface area contributed by atoms with Gasteiger partial charge in [-0.1, -0.05) is 90.1 Å². The third-order valence-corrected chi connectivity index (χ3v) is 27.4. The zero-order valence-corrected chi connectivity index (χ0v) is 85.2. The smallest absolute Gasteiger partial charge is 0.298 e. The number of imidazole rings is 4. The lowest BCUT2D eigenvalue weighted by Crippen LogP contribution is -2.39. The van der Waals surface area contributed by atoms with Gasteiger partial charge in [0.15, 0.2) is 46.1 Å². The molecule has 4 amide bonds. The number of hydrogen-bond donors (Lipinski definition) is 0. The van der Waals surface area contributed by atoms with Crippen LogP contribution in [0.2, 0.25) is 0 Å². The van der Waals surface area contributed by atoms with Crippen LogP contribution in [0.25, 0.3) is 67.1 Å². The summed E-state index contributed by atoms with van der Waals surface area (Å²) in [6.07, 6.45) is 20.4. The summed E-state index contributed by atoms with van der Waals surface area (Å²) >= 11 is 0. The second kappa shape index (κ2) is 47.8. The highest BCUT2D eigenvalue weighted by Gasteiger charge is 2.37. The molecule has 8 aromatic heterocycles. The van der Waals surface area contributed by atoms with Crippen LogP contribution in [0, 0.1) is 95.4 Å². The number of likely N-dealkylation sites (tertiary alicyclic amines) is 4. The van der Waals surface area contributed by atoms with Gasteiger partial charge in [-0.15, -0.1) is 0 Å². The Morgan fingerprint density at radius 3 is 1.11 bits per heavy atom. The van der Waals surface area contributed by atoms with Crippen LogP contribution < -0.4 is 28.4 Å². The minimum Gasteiger partial charge on any atom is -0.494 e. The van der Waals surface area contributed by atoms with Gasteiger partial charge < -0.3 is 48.0 Å². The summed E-state index contributed by atoms with van der Waals surface area (Å²) in [6.45, 7) is 33.0. The Labute approximate surface area is 871 Å². The number of aromatic nitrogens is 12. The molecule has 0 bridgehead atoms. The van der Waals surface area contributed by atoms with E-state index in [0.29, 0.717) is 86.2 Å². The van der Waals surface area contributed by atoms with Gasteiger partial charge in [0.1, 0.15) is 46.3 Å². The maximum absolute atomic E-state index is 14.7. The topological polar surface area (TPSA) is 257 Å². The number of methoxy groups -OCH3 is 2. The van der Waals surface area contributed by atoms with Crippen LogP contribution in [0.15, 0.2) is 226 Å². The van der Waals surface area contributed by atoms with Crippen LogP contribution in [-0.2, 0) is 32.0 Å². The van der Waals surface area contributed by atoms with E-state index in [-0.39, 0.29) is 108 Å². The minimum absolute atomic E-state index is 0. The molecule has 772 valence electrons. The number of benzene rings is 8. The molecule has 150 heavy (non-hydrogen) atoms. The van der Waals surface area contributed by atoms with Crippen molar-refractivity contribution in [1.29, 1.82) is 0 Å². The summed E-state index contributed by atoms with van der Waals surface area (Å²) in [7, 11) is 2.83. The minimum atomic E-state index is -0.554. The second-order valence-electron chi connectivity index (χ2n) is 36.9. The molecule has 4 atom stereocenters. The highest BCUT2D eigenvalue weighted by Crippen LogP contribution is 2.44. The van der Waals surface area contributed by atoms with Gasteiger partial charge >= 0.3 is 0 Å². The SMILES string of the molecule is C.C.C=CC(=O)N1CCCC[C@H]1c1nc(-c2ccc(Oc3cccc(OC)c3F)cc2)c2cncc(C)n12.C=CC(=O)N1CCC[C@@H](c2nc(-c3ccc(Oc4cccc(CC)c4F)cc3)c3c(C)ncc(C)n23)C1.CC#CC(=O)N1CCC[C@@H](c2nc(-c3ccc(Oc4cccc(CC)c4F)cc3)c3c(C)ncc(C)n23)C1.CC#CC(=O)N1CC[C@@H](c2nc(-c3ccc(Oc4cccc(OC)c4F)cc3)c3c(C)ncc(C)n23)C1. The van der Waals surface area contributed by atoms with Crippen LogP contribution in [0.3, 0.4) is 0 Å². The molecule has 4 aliphatic rings. The van der Waals surface area contributed by atoms with Crippen LogP contribution >= 0.6 is 0 Å². The van der Waals surface area contributed by atoms with Crippen molar-refractivity contribution in [1.82, 2.24) is 77.1 Å². The molecule has 20 rings (SSSR count). The number of hydrogen-bond acceptors (Lipinski definition) is 18. The van der Waals surface area contributed by atoms with E-state index in [1.165, 1.54) is 26.4 Å². The molecule has 0 spiro atoms. The predicted octanol–water partition coefficient (Wildman–Crippen LogP) is 25.1. The van der Waals surface area contributed by atoms with Crippen molar-refractivity contribution in [2.45, 2.75) is 179 Å². The molecule has 0 unspecified atom stereocenters. The second-order valence-corrected chi connectivity index (χ2v) is 36.9. The van der Waals surface area contributed by atoms with E-state index in [2.05, 4.69) is 74.4 Å². The molecule has 30 heteroatoms. The zero-order chi connectivity index (χ0) is 104. The number of halogens is 4. The van der Waals surface area contributed by atoms with Gasteiger partial charge in [0.2, 0.25) is 23.4 Å². The van der Waals surface area contributed by atoms with Gasteiger partial charge in [0, 0.05) is 133 Å². The number of carbonyl (C=O) groups is 4. The number of fused-ring (bicyclic) bond motifs is 4. The van der Waals surface area contributed by atoms with Gasteiger partial charge in [-0.25, -0.2) is 28.7 Å². The summed E-state index contributed by atoms with van der Waals surface area (Å²) in [6, 6.07) is 49.6. The molecule has 4 saturated heterocycles. The van der Waals surface area contributed by atoms with Crippen LogP contribution in [0.5, 0.6) is 57.5 Å². The number of carbonyl (C=O) groups excluding carboxylic acids is 4. The van der Waals surface area contributed by atoms with E-state index >= 15 is 0 Å². The van der Waals surface area contributed by atoms with Crippen LogP contribution in [0.1, 0.15) is 192 Å². The Morgan fingerprint density at radius 1 is 0.380 bits per heavy atom. The van der Waals surface area contributed by atoms with Crippen molar-refractivity contribution in [2.24, 2.45) is 0 Å². The Kier molecular flexibility index (Phi) is 34.3. The van der Waals surface area contributed by atoms with E-state index in [1.54, 1.807) is 128 Å². The molecule has 0 radical (unpaired) electrons. The fourth-order valence-electron chi connectivity index (χ4n) is 19.9. The molecule has 0 aliphatic carbocycles. The average Bonchev–Trinajstić information content (AvgIpc) is 1.61. The first kappa shape index (κ1) is 107. The van der Waals surface area contributed by atoms with E-state index in [0.717, 1.165) is 188 Å². The first-order valence-electron chi connectivity index (χ1n) is 49.7. The number of piperidine rings is 3. The molecule has 0 saturated carbocycles. The van der Waals surface area contributed by atoms with Gasteiger partial charge in [0.25, 0.3) is 11.8 Å². The van der Waals surface area contributed by atoms with E-state index in [1.807, 2.05) is 168 Å². The highest BCUT2D eigenvalue weighted by molar-refractivity contribution is 5.95. The number of amides is 4. The molecule has 16 aromatic rings. The van der Waals surface area contributed by atoms with Gasteiger partial charge in [-0.3, -0.25) is 56.7 Å². The van der Waals surface area contributed by atoms with Gasteiger partial charge in [-0.2, -0.15) is 8.78 Å². The molecule has 4 aliphatic heterocycles. The van der Waals surface area contributed by atoms with E-state index in [4.69, 9.17) is 48.4 Å². The van der Waals surface area contributed by atoms with Gasteiger partial charge in [0.05, 0.1) is 88.4 Å². The molecule has 26 nitrogen and oxygen atoms in total. The third-order valence-electron chi connectivity index (χ3n) is 27.4. The lowest BCUT2D eigenvalue weighted by atomic mass is 9.97. The largest absolute Gasteiger partial charge is 0.494 e. The van der Waals surface area contributed by atoms with Crippen LogP contribution in [0.4, 0.5) is 17.6 Å². The maximum atomic E-state index is 14.7. The molecular formula is C120H124F4N16O10. The quantitative estimate of drug-likeness (QED) is 0.0347.